The smallest absolute Gasteiger partial charge is 0.334 e. The minimum atomic E-state index is -1.35. The lowest BCUT2D eigenvalue weighted by Crippen LogP contribution is -2.48. The number of aliphatic imine (C=N–C) groups is 2. The molecule has 2 aromatic carbocycles. The molecule has 20 heteroatoms. The predicted molar refractivity (Wildman–Crippen MR) is 273 cm³/mol. The van der Waals surface area contributed by atoms with E-state index in [1.165, 1.54) is 36.4 Å². The fourth-order valence-corrected chi connectivity index (χ4v) is 9.29. The summed E-state index contributed by atoms with van der Waals surface area (Å²) in [5.41, 5.74) is 12.6. The summed E-state index contributed by atoms with van der Waals surface area (Å²) in [5.74, 6) is -2.14. The van der Waals surface area contributed by atoms with Crippen LogP contribution in [0.25, 0.3) is 0 Å². The number of nitrogens with one attached hydrogen (secondary N) is 6. The third-order valence-electron chi connectivity index (χ3n) is 13.3. The van der Waals surface area contributed by atoms with Crippen LogP contribution in [0, 0.1) is 0 Å². The van der Waals surface area contributed by atoms with Crippen LogP contribution in [0.3, 0.4) is 0 Å². The molecule has 384 valence electrons. The zero-order valence-corrected chi connectivity index (χ0v) is 41.0. The molecule has 4 amide bonds. The molecule has 6 heterocycles. The Morgan fingerprint density at radius 2 is 1.26 bits per heavy atom. The fourth-order valence-electron chi connectivity index (χ4n) is 9.29. The molecule has 0 bridgehead atoms. The first-order valence-electron chi connectivity index (χ1n) is 25.2. The van der Waals surface area contributed by atoms with Crippen molar-refractivity contribution in [1.29, 1.82) is 0 Å². The average molecular weight is 998 g/mol. The number of aliphatic carboxylic acids is 1. The van der Waals surface area contributed by atoms with E-state index in [1.807, 2.05) is 12.1 Å². The summed E-state index contributed by atoms with van der Waals surface area (Å²) in [5, 5.41) is 27.5. The molecule has 2 aromatic heterocycles. The zero-order valence-electron chi connectivity index (χ0n) is 41.0. The number of unbranched alkanes of at least 4 members (excludes halogenated alkanes) is 2. The molecule has 0 saturated carbocycles. The van der Waals surface area contributed by atoms with Crippen LogP contribution < -0.4 is 42.4 Å². The lowest BCUT2D eigenvalue weighted by molar-refractivity contribution is -0.141. The van der Waals surface area contributed by atoms with Crippen molar-refractivity contribution >= 4 is 70.0 Å². The Labute approximate surface area is 423 Å². The highest BCUT2D eigenvalue weighted by molar-refractivity contribution is 6.43. The van der Waals surface area contributed by atoms with Crippen LogP contribution in [0.2, 0.25) is 0 Å². The van der Waals surface area contributed by atoms with Crippen LogP contribution >= 0.6 is 0 Å². The number of carboxylic acid groups (broad SMARTS) is 1. The Morgan fingerprint density at radius 1 is 0.699 bits per heavy atom. The zero-order chi connectivity index (χ0) is 51.3. The number of methoxy groups -OCH3 is 1. The molecule has 4 atom stereocenters. The van der Waals surface area contributed by atoms with E-state index in [2.05, 4.69) is 54.0 Å². The van der Waals surface area contributed by atoms with Gasteiger partial charge in [0, 0.05) is 68.6 Å². The standard InChI is InChI=1S/C53H63N11O9/c1-72-47-37-30-35(22-23-39(37)62-46(47)51(68)63-40(52(69)70)24-28-55-42(65)16-6-2-12-33-20-18-31-10-8-26-57-48(31)59-33)73-53(71)41(64-50(67)45-44(54)36-14-4-5-15-38(36)61-45)25-29-56-43(66)17-7-3-13-34-21-19-32-11-9-27-58-49(32)60-34/h4-5,14-15,18-23,30,40-41,44,47H,2-3,6-13,16-17,24-29,54H2,1H3,(H,55,65)(H,56,66)(H,57,59)(H,58,60)(H,63,68)(H,64,67)(H,69,70). The van der Waals surface area contributed by atoms with Crippen LogP contribution in [0.15, 0.2) is 76.7 Å². The van der Waals surface area contributed by atoms with E-state index in [9.17, 15) is 33.9 Å². The number of pyridine rings is 2. The van der Waals surface area contributed by atoms with Gasteiger partial charge in [0.15, 0.2) is 0 Å². The topological polar surface area (TPSA) is 290 Å². The third-order valence-corrected chi connectivity index (χ3v) is 13.3. The van der Waals surface area contributed by atoms with Crippen LogP contribution in [-0.4, -0.2) is 107 Å². The number of ether oxygens (including phenoxy) is 2. The minimum absolute atomic E-state index is 0.0123. The number of rotatable bonds is 24. The number of para-hydroxylation sites is 1. The molecule has 0 spiro atoms. The number of anilines is 2. The predicted octanol–water partition coefficient (Wildman–Crippen LogP) is 4.55. The van der Waals surface area contributed by atoms with Gasteiger partial charge in [0.2, 0.25) is 11.8 Å². The van der Waals surface area contributed by atoms with Crippen LogP contribution in [0.4, 0.5) is 23.0 Å². The van der Waals surface area contributed by atoms with Gasteiger partial charge in [-0.15, -0.1) is 0 Å². The van der Waals surface area contributed by atoms with Gasteiger partial charge in [-0.1, -0.05) is 30.3 Å². The number of carbonyl (C=O) groups is 6. The summed E-state index contributed by atoms with van der Waals surface area (Å²) in [7, 11) is 1.35. The summed E-state index contributed by atoms with van der Waals surface area (Å²) in [4.78, 5) is 97.2. The van der Waals surface area contributed by atoms with Gasteiger partial charge in [0.1, 0.15) is 47.0 Å². The molecule has 9 N–H and O–H groups in total. The number of aryl methyl sites for hydroxylation is 4. The highest BCUT2D eigenvalue weighted by atomic mass is 16.5. The monoisotopic (exact) mass is 997 g/mol. The summed E-state index contributed by atoms with van der Waals surface area (Å²) >= 11 is 0. The van der Waals surface area contributed by atoms with Gasteiger partial charge in [-0.05, 0) is 125 Å². The Bertz CT molecular complexity index is 2780. The molecule has 4 aliphatic heterocycles. The number of esters is 1. The second-order valence-corrected chi connectivity index (χ2v) is 18.6. The van der Waals surface area contributed by atoms with E-state index in [1.54, 1.807) is 24.3 Å². The van der Waals surface area contributed by atoms with Gasteiger partial charge >= 0.3 is 11.9 Å². The van der Waals surface area contributed by atoms with Gasteiger partial charge in [-0.2, -0.15) is 0 Å². The van der Waals surface area contributed by atoms with E-state index < -0.39 is 48.0 Å². The second kappa shape index (κ2) is 24.7. The minimum Gasteiger partial charge on any atom is -0.480 e. The van der Waals surface area contributed by atoms with Gasteiger partial charge in [-0.25, -0.2) is 29.5 Å². The lowest BCUT2D eigenvalue weighted by Gasteiger charge is -2.20. The largest absolute Gasteiger partial charge is 0.480 e. The number of carbonyl (C=O) groups excluding carboxylic acids is 5. The number of hydrogen-bond acceptors (Lipinski definition) is 15. The molecule has 73 heavy (non-hydrogen) atoms. The Morgan fingerprint density at radius 3 is 1.86 bits per heavy atom. The maximum atomic E-state index is 13.9. The highest BCUT2D eigenvalue weighted by Gasteiger charge is 2.36. The highest BCUT2D eigenvalue weighted by Crippen LogP contribution is 2.39. The van der Waals surface area contributed by atoms with Gasteiger partial charge in [0.05, 0.1) is 17.4 Å². The van der Waals surface area contributed by atoms with Crippen molar-refractivity contribution in [1.82, 2.24) is 31.2 Å². The average Bonchev–Trinajstić information content (AvgIpc) is 3.94. The number of amides is 4. The Balaban J connectivity index is 0.820. The van der Waals surface area contributed by atoms with E-state index in [0.717, 1.165) is 87.5 Å². The first-order valence-corrected chi connectivity index (χ1v) is 25.2. The number of carboxylic acids is 1. The number of nitrogens with zero attached hydrogens (tertiary/aromatic N) is 4. The van der Waals surface area contributed by atoms with Crippen molar-refractivity contribution in [3.05, 3.63) is 100 Å². The molecular weight excluding hydrogens is 935 g/mol. The van der Waals surface area contributed by atoms with Crippen LogP contribution in [-0.2, 0) is 59.2 Å². The second-order valence-electron chi connectivity index (χ2n) is 18.6. The number of benzene rings is 2. The first-order chi connectivity index (χ1) is 35.4. The van der Waals surface area contributed by atoms with E-state index in [-0.39, 0.29) is 67.8 Å². The molecule has 20 nitrogen and oxygen atoms in total. The Hall–Kier alpha value is -7.58. The molecule has 0 radical (unpaired) electrons. The number of nitrogens with two attached hydrogens (primary N) is 1. The van der Waals surface area contributed by atoms with Crippen molar-refractivity contribution in [2.75, 3.05) is 43.9 Å². The summed E-state index contributed by atoms with van der Waals surface area (Å²) in [6.07, 6.45) is 7.78. The van der Waals surface area contributed by atoms with Crippen molar-refractivity contribution in [3.8, 4) is 5.75 Å². The first kappa shape index (κ1) is 51.8. The molecule has 4 aliphatic rings. The number of aromatic nitrogens is 2. The number of fused-ring (bicyclic) bond motifs is 4. The lowest BCUT2D eigenvalue weighted by atomic mass is 10.0. The summed E-state index contributed by atoms with van der Waals surface area (Å²) in [6, 6.07) is 16.4. The summed E-state index contributed by atoms with van der Waals surface area (Å²) in [6.45, 7) is 1.87. The Kier molecular flexibility index (Phi) is 17.5. The van der Waals surface area contributed by atoms with Crippen LogP contribution in [0.5, 0.6) is 5.75 Å². The van der Waals surface area contributed by atoms with Crippen LogP contribution in [0.1, 0.15) is 110 Å². The molecule has 4 unspecified atom stereocenters. The van der Waals surface area contributed by atoms with Crippen molar-refractivity contribution < 1.29 is 43.3 Å². The van der Waals surface area contributed by atoms with E-state index >= 15 is 0 Å². The normalized spacial score (nSPS) is 16.8. The molecule has 0 saturated heterocycles. The fraction of sp³-hybridized carbons (Fsp3) is 0.434. The molecule has 0 aliphatic carbocycles. The van der Waals surface area contributed by atoms with Crippen molar-refractivity contribution in [2.45, 2.75) is 114 Å². The van der Waals surface area contributed by atoms with Gasteiger partial charge in [0.25, 0.3) is 11.8 Å². The van der Waals surface area contributed by atoms with E-state index in [4.69, 9.17) is 25.2 Å². The maximum Gasteiger partial charge on any atom is 0.334 e. The molecule has 4 aromatic rings. The molecule has 8 rings (SSSR count). The molecular formula is C53H63N11O9. The molecule has 0 fully saturated rings. The summed E-state index contributed by atoms with van der Waals surface area (Å²) < 4.78 is 11.5. The maximum absolute atomic E-state index is 13.9. The quantitative estimate of drug-likeness (QED) is 0.0272. The van der Waals surface area contributed by atoms with E-state index in [0.29, 0.717) is 35.3 Å². The van der Waals surface area contributed by atoms with Crippen molar-refractivity contribution in [2.24, 2.45) is 15.7 Å². The van der Waals surface area contributed by atoms with Crippen molar-refractivity contribution in [3.63, 3.8) is 0 Å². The van der Waals surface area contributed by atoms with Gasteiger partial charge < -0.3 is 52.2 Å². The number of hydrogen-bond donors (Lipinski definition) is 8. The van der Waals surface area contributed by atoms with Gasteiger partial charge in [-0.3, -0.25) is 19.2 Å². The third kappa shape index (κ3) is 13.5. The SMILES string of the molecule is COC1C(C(=O)NC(CCNC(=O)CCCCc2ccc3c(n2)NCCC3)C(=O)O)=Nc2ccc(OC(=O)C(CCNC(=O)CCCCc3ccc4c(n3)NCCC4)NC(=O)C3=Nc4ccccc4C3N)cc21.